The van der Waals surface area contributed by atoms with E-state index in [0.717, 1.165) is 0 Å². The molecule has 1 heterocycles. The van der Waals surface area contributed by atoms with Crippen molar-refractivity contribution in [3.63, 3.8) is 0 Å². The van der Waals surface area contributed by atoms with Gasteiger partial charge >= 0.3 is 0 Å². The highest BCUT2D eigenvalue weighted by atomic mass is 32.1. The Bertz CT molecular complexity index is 3510. The highest BCUT2D eigenvalue weighted by molar-refractivity contribution is 7.26. The van der Waals surface area contributed by atoms with Gasteiger partial charge in [-0.2, -0.15) is 0 Å². The zero-order valence-corrected chi connectivity index (χ0v) is 37.0. The molecule has 0 saturated carbocycles. The molecule has 2 heteroatoms. The van der Waals surface area contributed by atoms with Crippen LogP contribution >= 0.6 is 11.3 Å². The maximum absolute atomic E-state index is 2.97. The van der Waals surface area contributed by atoms with E-state index in [-0.39, 0.29) is 11.8 Å². The van der Waals surface area contributed by atoms with E-state index in [9.17, 15) is 0 Å². The Labute approximate surface area is 379 Å². The third kappa shape index (κ3) is 5.53. The van der Waals surface area contributed by atoms with Crippen molar-refractivity contribution in [2.45, 2.75) is 11.8 Å². The zero-order valence-electron chi connectivity index (χ0n) is 35.2. The quantitative estimate of drug-likeness (QED) is 0.111. The van der Waals surface area contributed by atoms with E-state index in [1.54, 1.807) is 0 Å². The van der Waals surface area contributed by atoms with Crippen molar-refractivity contribution in [2.75, 3.05) is 0 Å². The Kier molecular flexibility index (Phi) is 8.65. The van der Waals surface area contributed by atoms with Crippen LogP contribution in [-0.4, -0.2) is 8.07 Å². The van der Waals surface area contributed by atoms with Crippen LogP contribution < -0.4 is 20.7 Å². The third-order valence-electron chi connectivity index (χ3n) is 14.2. The van der Waals surface area contributed by atoms with Gasteiger partial charge in [0.1, 0.15) is 0 Å². The Balaban J connectivity index is 1.07. The van der Waals surface area contributed by atoms with Gasteiger partial charge in [0.25, 0.3) is 0 Å². The van der Waals surface area contributed by atoms with E-state index in [0.29, 0.717) is 0 Å². The fourth-order valence-electron chi connectivity index (χ4n) is 11.6. The molecule has 300 valence electrons. The van der Waals surface area contributed by atoms with Crippen molar-refractivity contribution in [2.24, 2.45) is 0 Å². The van der Waals surface area contributed by atoms with Crippen LogP contribution in [0.1, 0.15) is 45.2 Å². The molecule has 0 nitrogen and oxygen atoms in total. The molecule has 2 atom stereocenters. The lowest BCUT2D eigenvalue weighted by Crippen LogP contribution is -2.75. The van der Waals surface area contributed by atoms with Crippen molar-refractivity contribution >= 4 is 60.3 Å². The lowest BCUT2D eigenvalue weighted by Gasteiger charge is -2.47. The highest BCUT2D eigenvalue weighted by Gasteiger charge is 2.49. The molecular formula is C62H42SSi. The van der Waals surface area contributed by atoms with Crippen LogP contribution in [-0.2, 0) is 0 Å². The molecule has 1 aromatic heterocycles. The second kappa shape index (κ2) is 14.9. The number of hydrogen-bond acceptors (Lipinski definition) is 1. The first-order valence-electron chi connectivity index (χ1n) is 22.4. The topological polar surface area (TPSA) is 0 Å². The molecule has 11 aromatic rings. The van der Waals surface area contributed by atoms with Gasteiger partial charge in [-0.05, 0) is 106 Å². The predicted octanol–water partition coefficient (Wildman–Crippen LogP) is 13.4. The molecule has 14 rings (SSSR count). The molecule has 2 bridgehead atoms. The van der Waals surface area contributed by atoms with Crippen molar-refractivity contribution in [1.29, 1.82) is 0 Å². The molecular weight excluding hydrogens is 805 g/mol. The average molecular weight is 847 g/mol. The highest BCUT2D eigenvalue weighted by Crippen LogP contribution is 2.57. The van der Waals surface area contributed by atoms with Gasteiger partial charge in [0, 0.05) is 32.0 Å². The molecule has 0 radical (unpaired) electrons. The summed E-state index contributed by atoms with van der Waals surface area (Å²) in [4.78, 5) is 0. The smallest absolute Gasteiger partial charge is 0.135 e. The van der Waals surface area contributed by atoms with Gasteiger partial charge in [0.2, 0.25) is 0 Å². The van der Waals surface area contributed by atoms with Gasteiger partial charge in [0.05, 0.1) is 0 Å². The number of rotatable bonds is 7. The molecule has 0 amide bonds. The van der Waals surface area contributed by atoms with Gasteiger partial charge in [0.15, 0.2) is 8.07 Å². The molecule has 0 spiro atoms. The largest absolute Gasteiger partial charge is 0.179 e. The summed E-state index contributed by atoms with van der Waals surface area (Å²) in [5.74, 6) is 0.174. The van der Waals surface area contributed by atoms with E-state index in [4.69, 9.17) is 0 Å². The van der Waals surface area contributed by atoms with E-state index in [1.807, 2.05) is 11.3 Å². The third-order valence-corrected chi connectivity index (χ3v) is 20.2. The molecule has 3 aliphatic rings. The Morgan fingerprint density at radius 2 is 0.797 bits per heavy atom. The molecule has 64 heavy (non-hydrogen) atoms. The average Bonchev–Trinajstić information content (AvgIpc) is 3.77. The van der Waals surface area contributed by atoms with Crippen molar-refractivity contribution in [1.82, 2.24) is 0 Å². The summed E-state index contributed by atoms with van der Waals surface area (Å²) in [6.07, 6.45) is 0. The summed E-state index contributed by atoms with van der Waals surface area (Å²) in [6, 6.07) is 92.1. The minimum atomic E-state index is -2.97. The summed E-state index contributed by atoms with van der Waals surface area (Å²) >= 11 is 1.89. The SMILES string of the molecule is c1ccc(-c2ccc([Si](c3ccccc3)(c3ccccc3)c3cccc4c3C3c5ccccc5C4c4cccc(-c5cccc(-c6cccc7sc8ccccc8c67)c5)c43)cc2)cc1. The van der Waals surface area contributed by atoms with Gasteiger partial charge in [-0.1, -0.05) is 224 Å². The Hall–Kier alpha value is -7.36. The second-order valence-electron chi connectivity index (χ2n) is 17.4. The van der Waals surface area contributed by atoms with Crippen LogP contribution in [0.15, 0.2) is 243 Å². The lowest BCUT2D eigenvalue weighted by molar-refractivity contribution is 0.760. The van der Waals surface area contributed by atoms with Crippen molar-refractivity contribution in [3.8, 4) is 33.4 Å². The number of thiophene rings is 1. The van der Waals surface area contributed by atoms with Crippen LogP contribution in [0.25, 0.3) is 53.6 Å². The van der Waals surface area contributed by atoms with Crippen LogP contribution in [0.4, 0.5) is 0 Å². The fourth-order valence-corrected chi connectivity index (χ4v) is 17.8. The predicted molar refractivity (Wildman–Crippen MR) is 274 cm³/mol. The van der Waals surface area contributed by atoms with Gasteiger partial charge in [-0.3, -0.25) is 0 Å². The maximum Gasteiger partial charge on any atom is 0.179 e. The molecule has 0 saturated heterocycles. The second-order valence-corrected chi connectivity index (χ2v) is 22.2. The molecule has 0 fully saturated rings. The van der Waals surface area contributed by atoms with E-state index < -0.39 is 8.07 Å². The number of fused-ring (bicyclic) bond motifs is 3. The lowest BCUT2D eigenvalue weighted by atomic mass is 9.60. The minimum Gasteiger partial charge on any atom is -0.135 e. The molecule has 3 aliphatic carbocycles. The summed E-state index contributed by atoms with van der Waals surface area (Å²) in [6.45, 7) is 0. The van der Waals surface area contributed by atoms with Crippen molar-refractivity contribution < 1.29 is 0 Å². The summed E-state index contributed by atoms with van der Waals surface area (Å²) in [5.41, 5.74) is 16.3. The summed E-state index contributed by atoms with van der Waals surface area (Å²) in [5, 5.41) is 8.34. The summed E-state index contributed by atoms with van der Waals surface area (Å²) in [7, 11) is -2.97. The molecule has 2 unspecified atom stereocenters. The minimum absolute atomic E-state index is 0.0504. The Morgan fingerprint density at radius 3 is 1.53 bits per heavy atom. The molecule has 0 N–H and O–H groups in total. The number of benzene rings is 10. The van der Waals surface area contributed by atoms with Crippen LogP contribution in [0.5, 0.6) is 0 Å². The van der Waals surface area contributed by atoms with Crippen LogP contribution in [0.3, 0.4) is 0 Å². The Morgan fingerprint density at radius 1 is 0.312 bits per heavy atom. The van der Waals surface area contributed by atoms with E-state index in [2.05, 4.69) is 243 Å². The van der Waals surface area contributed by atoms with Gasteiger partial charge < -0.3 is 0 Å². The van der Waals surface area contributed by atoms with Crippen LogP contribution in [0.2, 0.25) is 0 Å². The standard InChI is InChI=1S/C62H42SSi/c1-4-18-41(19-5-1)42-36-38-47(39-37-42)64(45-22-6-2-7-23-45,46-24-8-3-9-25-46)57-35-17-32-54-58-50-26-10-11-27-51(50)62(61(54)57)60-49(29-15-31-53(58)60)44-21-14-20-43(40-44)48-30-16-34-56-59(48)52-28-12-13-33-55(52)63-56/h1-40,58,62H. The fraction of sp³-hybridized carbons (Fsp3) is 0.0323. The van der Waals surface area contributed by atoms with E-state index >= 15 is 0 Å². The number of hydrogen-bond donors (Lipinski definition) is 0. The van der Waals surface area contributed by atoms with Crippen molar-refractivity contribution in [3.05, 3.63) is 276 Å². The first kappa shape index (κ1) is 37.2. The van der Waals surface area contributed by atoms with Gasteiger partial charge in [-0.25, -0.2) is 0 Å². The normalized spacial score (nSPS) is 14.9. The first-order valence-corrected chi connectivity index (χ1v) is 25.2. The summed E-state index contributed by atoms with van der Waals surface area (Å²) < 4.78 is 2.67. The first-order chi connectivity index (χ1) is 31.8. The monoisotopic (exact) mass is 846 g/mol. The maximum atomic E-state index is 2.51. The van der Waals surface area contributed by atoms with Crippen LogP contribution in [0, 0.1) is 0 Å². The molecule has 0 aliphatic heterocycles. The molecule has 10 aromatic carbocycles. The van der Waals surface area contributed by atoms with E-state index in [1.165, 1.54) is 108 Å². The van der Waals surface area contributed by atoms with Gasteiger partial charge in [-0.15, -0.1) is 11.3 Å². The zero-order chi connectivity index (χ0) is 42.2.